The van der Waals surface area contributed by atoms with E-state index in [0.717, 1.165) is 24.8 Å². The molecule has 0 aromatic heterocycles. The van der Waals surface area contributed by atoms with E-state index in [1.807, 2.05) is 0 Å². The van der Waals surface area contributed by atoms with Gasteiger partial charge in [-0.05, 0) is 49.7 Å². The van der Waals surface area contributed by atoms with E-state index in [1.54, 1.807) is 0 Å². The molecule has 3 atom stereocenters. The van der Waals surface area contributed by atoms with Gasteiger partial charge in [-0.3, -0.25) is 0 Å². The molecule has 0 radical (unpaired) electrons. The van der Waals surface area contributed by atoms with Gasteiger partial charge in [0.25, 0.3) is 0 Å². The molecule has 3 unspecified atom stereocenters. The van der Waals surface area contributed by atoms with Crippen molar-refractivity contribution in [2.75, 3.05) is 12.5 Å². The van der Waals surface area contributed by atoms with Gasteiger partial charge in [0.05, 0.1) is 6.10 Å². The van der Waals surface area contributed by atoms with Gasteiger partial charge in [-0.2, -0.15) is 0 Å². The third kappa shape index (κ3) is 2.30. The molecule has 3 heteroatoms. The Morgan fingerprint density at radius 1 is 1.30 bits per heavy atom. The molecule has 0 spiro atoms. The summed E-state index contributed by atoms with van der Waals surface area (Å²) in [5, 5.41) is 0.689. The van der Waals surface area contributed by atoms with E-state index in [1.165, 1.54) is 36.1 Å². The zero-order chi connectivity index (χ0) is 13.6. The summed E-state index contributed by atoms with van der Waals surface area (Å²) < 4.78 is 6.08. The van der Waals surface area contributed by atoms with Crippen molar-refractivity contribution >= 4 is 23.4 Å². The molecular weight excluding hydrogens is 288 g/mol. The van der Waals surface area contributed by atoms with Gasteiger partial charge in [-0.15, -0.1) is 23.4 Å². The third-order valence-electron chi connectivity index (χ3n) is 5.17. The van der Waals surface area contributed by atoms with E-state index in [4.69, 9.17) is 16.3 Å². The summed E-state index contributed by atoms with van der Waals surface area (Å²) in [6.45, 7) is 0.915. The molecule has 1 saturated heterocycles. The highest BCUT2D eigenvalue weighted by atomic mass is 35.5. The Morgan fingerprint density at radius 2 is 2.15 bits per heavy atom. The number of fused-ring (bicyclic) bond motifs is 1. The molecule has 3 aliphatic rings. The number of benzene rings is 1. The first-order valence-corrected chi connectivity index (χ1v) is 9.14. The molecule has 1 nitrogen and oxygen atoms in total. The van der Waals surface area contributed by atoms with Crippen molar-refractivity contribution in [2.45, 2.75) is 48.4 Å². The molecule has 2 aliphatic heterocycles. The van der Waals surface area contributed by atoms with Gasteiger partial charge in [0, 0.05) is 28.0 Å². The number of hydrogen-bond donors (Lipinski definition) is 0. The van der Waals surface area contributed by atoms with Crippen molar-refractivity contribution in [1.29, 1.82) is 0 Å². The Labute approximate surface area is 130 Å². The molecule has 1 aromatic rings. The average molecular weight is 309 g/mol. The van der Waals surface area contributed by atoms with Crippen molar-refractivity contribution in [3.8, 4) is 0 Å². The van der Waals surface area contributed by atoms with Crippen LogP contribution in [0.4, 0.5) is 0 Å². The van der Waals surface area contributed by atoms with Crippen molar-refractivity contribution in [2.24, 2.45) is 11.3 Å². The van der Waals surface area contributed by atoms with Crippen LogP contribution in [0, 0.1) is 11.3 Å². The normalized spacial score (nSPS) is 36.2. The zero-order valence-corrected chi connectivity index (χ0v) is 13.3. The van der Waals surface area contributed by atoms with E-state index in [0.29, 0.717) is 11.4 Å². The van der Waals surface area contributed by atoms with Crippen LogP contribution >= 0.6 is 23.4 Å². The minimum absolute atomic E-state index is 0.239. The summed E-state index contributed by atoms with van der Waals surface area (Å²) in [5.74, 6) is 1.56. The lowest BCUT2D eigenvalue weighted by molar-refractivity contribution is 0.0365. The monoisotopic (exact) mass is 308 g/mol. The molecule has 0 amide bonds. The lowest BCUT2D eigenvalue weighted by Crippen LogP contribution is -2.37. The first-order chi connectivity index (χ1) is 9.81. The molecule has 2 fully saturated rings. The van der Waals surface area contributed by atoms with Gasteiger partial charge < -0.3 is 4.74 Å². The molecule has 1 aromatic carbocycles. The van der Waals surface area contributed by atoms with Crippen LogP contribution in [0.15, 0.2) is 29.2 Å². The molecule has 4 rings (SSSR count). The summed E-state index contributed by atoms with van der Waals surface area (Å²) in [4.78, 5) is 1.48. The lowest BCUT2D eigenvalue weighted by atomic mass is 9.76. The fraction of sp³-hybridized carbons (Fsp3) is 0.647. The third-order valence-corrected chi connectivity index (χ3v) is 7.02. The van der Waals surface area contributed by atoms with Crippen LogP contribution in [0.1, 0.15) is 31.2 Å². The Balaban J connectivity index is 1.50. The lowest BCUT2D eigenvalue weighted by Gasteiger charge is -2.34. The molecule has 0 N–H and O–H groups in total. The Kier molecular flexibility index (Phi) is 3.52. The largest absolute Gasteiger partial charge is 0.377 e. The number of rotatable bonds is 4. The van der Waals surface area contributed by atoms with Crippen LogP contribution in [0.2, 0.25) is 0 Å². The van der Waals surface area contributed by atoms with Gasteiger partial charge >= 0.3 is 0 Å². The number of halogens is 1. The van der Waals surface area contributed by atoms with Crippen LogP contribution < -0.4 is 0 Å². The number of thioether (sulfide) groups is 1. The minimum Gasteiger partial charge on any atom is -0.377 e. The van der Waals surface area contributed by atoms with Crippen LogP contribution in [-0.2, 0) is 11.2 Å². The molecule has 0 bridgehead atoms. The standard InChI is InChI=1S/C17H21ClOS/c18-11-17(7-8-19-16(17)12-5-6-12)10-14-9-13-3-1-2-4-15(13)20-14/h1-4,12,14,16H,5-11H2. The van der Waals surface area contributed by atoms with E-state index < -0.39 is 0 Å². The summed E-state index contributed by atoms with van der Waals surface area (Å²) in [6.07, 6.45) is 6.71. The van der Waals surface area contributed by atoms with E-state index in [9.17, 15) is 0 Å². The Bertz CT molecular complexity index is 477. The quantitative estimate of drug-likeness (QED) is 0.756. The van der Waals surface area contributed by atoms with Gasteiger partial charge in [0.1, 0.15) is 0 Å². The fourth-order valence-electron chi connectivity index (χ4n) is 3.98. The van der Waals surface area contributed by atoms with Crippen molar-refractivity contribution < 1.29 is 4.74 Å². The van der Waals surface area contributed by atoms with Crippen LogP contribution in [-0.4, -0.2) is 23.8 Å². The highest BCUT2D eigenvalue weighted by Gasteiger charge is 2.51. The summed E-state index contributed by atoms with van der Waals surface area (Å²) in [5.41, 5.74) is 1.76. The first kappa shape index (κ1) is 13.5. The van der Waals surface area contributed by atoms with Gasteiger partial charge in [-0.25, -0.2) is 0 Å². The van der Waals surface area contributed by atoms with Crippen molar-refractivity contribution in [3.63, 3.8) is 0 Å². The number of hydrogen-bond acceptors (Lipinski definition) is 2. The second kappa shape index (κ2) is 5.23. The van der Waals surface area contributed by atoms with E-state index in [-0.39, 0.29) is 5.41 Å². The smallest absolute Gasteiger partial charge is 0.0672 e. The zero-order valence-electron chi connectivity index (χ0n) is 11.7. The highest BCUT2D eigenvalue weighted by molar-refractivity contribution is 8.00. The summed E-state index contributed by atoms with van der Waals surface area (Å²) >= 11 is 8.49. The van der Waals surface area contributed by atoms with Crippen LogP contribution in [0.5, 0.6) is 0 Å². The van der Waals surface area contributed by atoms with Gasteiger partial charge in [-0.1, -0.05) is 18.2 Å². The highest BCUT2D eigenvalue weighted by Crippen LogP contribution is 2.53. The minimum atomic E-state index is 0.239. The molecule has 1 aliphatic carbocycles. The molecule has 20 heavy (non-hydrogen) atoms. The fourth-order valence-corrected chi connectivity index (χ4v) is 5.87. The Hall–Kier alpha value is -0.180. The number of ether oxygens (including phenoxy) is 1. The Morgan fingerprint density at radius 3 is 2.90 bits per heavy atom. The summed E-state index contributed by atoms with van der Waals surface area (Å²) in [6, 6.07) is 8.85. The van der Waals surface area contributed by atoms with E-state index >= 15 is 0 Å². The number of alkyl halides is 1. The maximum atomic E-state index is 6.43. The van der Waals surface area contributed by atoms with Crippen LogP contribution in [0.3, 0.4) is 0 Å². The first-order valence-electron chi connectivity index (χ1n) is 7.73. The van der Waals surface area contributed by atoms with Gasteiger partial charge in [0.15, 0.2) is 0 Å². The predicted octanol–water partition coefficient (Wildman–Crippen LogP) is 4.52. The van der Waals surface area contributed by atoms with Crippen LogP contribution in [0.25, 0.3) is 0 Å². The second-order valence-electron chi connectivity index (χ2n) is 6.63. The SMILES string of the molecule is ClCC1(CC2Cc3ccccc3S2)CCOC1C1CC1. The van der Waals surface area contributed by atoms with Crippen molar-refractivity contribution in [1.82, 2.24) is 0 Å². The maximum Gasteiger partial charge on any atom is 0.0672 e. The molecule has 2 heterocycles. The maximum absolute atomic E-state index is 6.43. The molecular formula is C17H21ClOS. The average Bonchev–Trinajstić information content (AvgIpc) is 3.09. The molecule has 1 saturated carbocycles. The summed E-state index contributed by atoms with van der Waals surface area (Å²) in [7, 11) is 0. The second-order valence-corrected chi connectivity index (χ2v) is 8.24. The molecule has 108 valence electrons. The van der Waals surface area contributed by atoms with Crippen molar-refractivity contribution in [3.05, 3.63) is 29.8 Å². The van der Waals surface area contributed by atoms with Gasteiger partial charge in [0.2, 0.25) is 0 Å². The van der Waals surface area contributed by atoms with E-state index in [2.05, 4.69) is 36.0 Å². The predicted molar refractivity (Wildman–Crippen MR) is 84.6 cm³/mol. The topological polar surface area (TPSA) is 9.23 Å².